The van der Waals surface area contributed by atoms with E-state index in [0.29, 0.717) is 5.56 Å². The SMILES string of the molecule is Cc1ccc(S(=O)(=O)C(NC(=O)OC(C)(C)C)c2ccccc2C)cc1. The number of amides is 1. The average molecular weight is 375 g/mol. The van der Waals surface area contributed by atoms with Crippen LogP contribution in [0.2, 0.25) is 0 Å². The summed E-state index contributed by atoms with van der Waals surface area (Å²) in [6.45, 7) is 8.87. The Morgan fingerprint density at radius 1 is 1.00 bits per heavy atom. The van der Waals surface area contributed by atoms with E-state index in [4.69, 9.17) is 4.74 Å². The molecule has 140 valence electrons. The molecule has 1 amide bonds. The summed E-state index contributed by atoms with van der Waals surface area (Å²) in [5.74, 6) is 0. The molecule has 5 nitrogen and oxygen atoms in total. The van der Waals surface area contributed by atoms with Crippen LogP contribution in [0.5, 0.6) is 0 Å². The van der Waals surface area contributed by atoms with Gasteiger partial charge in [0, 0.05) is 0 Å². The summed E-state index contributed by atoms with van der Waals surface area (Å²) in [6, 6.07) is 13.6. The summed E-state index contributed by atoms with van der Waals surface area (Å²) in [6.07, 6.45) is -0.776. The van der Waals surface area contributed by atoms with Gasteiger partial charge in [0.25, 0.3) is 0 Å². The Kier molecular flexibility index (Phi) is 5.76. The lowest BCUT2D eigenvalue weighted by Gasteiger charge is -2.25. The minimum Gasteiger partial charge on any atom is -0.444 e. The van der Waals surface area contributed by atoms with E-state index in [-0.39, 0.29) is 4.90 Å². The van der Waals surface area contributed by atoms with Crippen LogP contribution in [-0.2, 0) is 14.6 Å². The van der Waals surface area contributed by atoms with Crippen molar-refractivity contribution in [1.29, 1.82) is 0 Å². The molecule has 2 aromatic rings. The van der Waals surface area contributed by atoms with Crippen molar-refractivity contribution in [3.63, 3.8) is 0 Å². The lowest BCUT2D eigenvalue weighted by molar-refractivity contribution is 0.0519. The van der Waals surface area contributed by atoms with Crippen molar-refractivity contribution in [3.8, 4) is 0 Å². The van der Waals surface area contributed by atoms with Gasteiger partial charge in [0.2, 0.25) is 9.84 Å². The Labute approximate surface area is 155 Å². The fourth-order valence-corrected chi connectivity index (χ4v) is 4.12. The topological polar surface area (TPSA) is 72.5 Å². The Hall–Kier alpha value is -2.34. The molecule has 6 heteroatoms. The van der Waals surface area contributed by atoms with Gasteiger partial charge < -0.3 is 10.1 Å². The summed E-state index contributed by atoms with van der Waals surface area (Å²) < 4.78 is 31.7. The zero-order chi connectivity index (χ0) is 19.5. The molecule has 0 radical (unpaired) electrons. The van der Waals surface area contributed by atoms with Gasteiger partial charge in [0.05, 0.1) is 4.90 Å². The quantitative estimate of drug-likeness (QED) is 0.865. The highest BCUT2D eigenvalue weighted by Gasteiger charge is 2.33. The van der Waals surface area contributed by atoms with Crippen LogP contribution >= 0.6 is 0 Å². The third-order valence-corrected chi connectivity index (χ3v) is 5.70. The van der Waals surface area contributed by atoms with Gasteiger partial charge in [-0.25, -0.2) is 13.2 Å². The predicted octanol–water partition coefficient (Wildman–Crippen LogP) is 4.30. The summed E-state index contributed by atoms with van der Waals surface area (Å²) in [7, 11) is -3.86. The molecule has 0 bridgehead atoms. The van der Waals surface area contributed by atoms with Crippen molar-refractivity contribution in [1.82, 2.24) is 5.32 Å². The van der Waals surface area contributed by atoms with Crippen LogP contribution in [0.4, 0.5) is 4.79 Å². The number of nitrogens with one attached hydrogen (secondary N) is 1. The summed E-state index contributed by atoms with van der Waals surface area (Å²) >= 11 is 0. The van der Waals surface area contributed by atoms with Crippen molar-refractivity contribution in [2.45, 2.75) is 50.5 Å². The van der Waals surface area contributed by atoms with Crippen molar-refractivity contribution in [2.24, 2.45) is 0 Å². The van der Waals surface area contributed by atoms with Crippen LogP contribution in [0.15, 0.2) is 53.4 Å². The molecule has 0 saturated heterocycles. The molecule has 2 rings (SSSR count). The van der Waals surface area contributed by atoms with E-state index < -0.39 is 26.9 Å². The van der Waals surface area contributed by atoms with Crippen LogP contribution in [-0.4, -0.2) is 20.1 Å². The molecular formula is C20H25NO4S. The third kappa shape index (κ3) is 4.85. The number of carbonyl (C=O) groups excluding carboxylic acids is 1. The highest BCUT2D eigenvalue weighted by atomic mass is 32.2. The zero-order valence-electron chi connectivity index (χ0n) is 15.7. The smallest absolute Gasteiger partial charge is 0.408 e. The van der Waals surface area contributed by atoms with Gasteiger partial charge in [-0.1, -0.05) is 42.0 Å². The number of rotatable bonds is 4. The zero-order valence-corrected chi connectivity index (χ0v) is 16.6. The standard InChI is InChI=1S/C20H25NO4S/c1-14-10-12-16(13-11-14)26(23,24)18(17-9-7-6-8-15(17)2)21-19(22)25-20(3,4)5/h6-13,18H,1-5H3,(H,21,22). The van der Waals surface area contributed by atoms with E-state index in [9.17, 15) is 13.2 Å². The Balaban J connectivity index is 2.48. The molecule has 1 unspecified atom stereocenters. The van der Waals surface area contributed by atoms with E-state index in [1.807, 2.05) is 26.0 Å². The summed E-state index contributed by atoms with van der Waals surface area (Å²) in [5, 5.41) is 1.30. The minimum atomic E-state index is -3.86. The molecule has 0 spiro atoms. The molecule has 0 saturated carbocycles. The third-order valence-electron chi connectivity index (χ3n) is 3.78. The maximum Gasteiger partial charge on any atom is 0.408 e. The molecule has 26 heavy (non-hydrogen) atoms. The highest BCUT2D eigenvalue weighted by molar-refractivity contribution is 7.91. The molecule has 0 aliphatic heterocycles. The largest absolute Gasteiger partial charge is 0.444 e. The van der Waals surface area contributed by atoms with Crippen LogP contribution in [0.3, 0.4) is 0 Å². The van der Waals surface area contributed by atoms with Gasteiger partial charge in [-0.2, -0.15) is 0 Å². The number of hydrogen-bond acceptors (Lipinski definition) is 4. The number of carbonyl (C=O) groups is 1. The van der Waals surface area contributed by atoms with Crippen molar-refractivity contribution in [2.75, 3.05) is 0 Å². The molecule has 0 aliphatic rings. The van der Waals surface area contributed by atoms with E-state index in [2.05, 4.69) is 5.32 Å². The summed E-state index contributed by atoms with van der Waals surface area (Å²) in [5.41, 5.74) is 1.51. The number of sulfone groups is 1. The number of aryl methyl sites for hydroxylation is 2. The van der Waals surface area contributed by atoms with Gasteiger partial charge >= 0.3 is 6.09 Å². The highest BCUT2D eigenvalue weighted by Crippen LogP contribution is 2.29. The van der Waals surface area contributed by atoms with Gasteiger partial charge in [-0.15, -0.1) is 0 Å². The van der Waals surface area contributed by atoms with E-state index in [1.54, 1.807) is 57.2 Å². The summed E-state index contributed by atoms with van der Waals surface area (Å²) in [4.78, 5) is 12.4. The minimum absolute atomic E-state index is 0.146. The number of benzene rings is 2. The maximum atomic E-state index is 13.2. The molecule has 2 aromatic carbocycles. The molecule has 0 fully saturated rings. The second-order valence-corrected chi connectivity index (χ2v) is 9.27. The van der Waals surface area contributed by atoms with E-state index in [0.717, 1.165) is 11.1 Å². The van der Waals surface area contributed by atoms with E-state index in [1.165, 1.54) is 0 Å². The van der Waals surface area contributed by atoms with Gasteiger partial charge in [0.1, 0.15) is 5.60 Å². The first-order valence-electron chi connectivity index (χ1n) is 8.36. The van der Waals surface area contributed by atoms with Crippen LogP contribution in [0, 0.1) is 13.8 Å². The molecule has 0 aliphatic carbocycles. The molecular weight excluding hydrogens is 350 g/mol. The van der Waals surface area contributed by atoms with Crippen molar-refractivity contribution < 1.29 is 17.9 Å². The first-order chi connectivity index (χ1) is 12.0. The van der Waals surface area contributed by atoms with Gasteiger partial charge in [-0.3, -0.25) is 0 Å². The lowest BCUT2D eigenvalue weighted by Crippen LogP contribution is -2.38. The van der Waals surface area contributed by atoms with Crippen LogP contribution < -0.4 is 5.32 Å². The molecule has 0 aromatic heterocycles. The fourth-order valence-electron chi connectivity index (χ4n) is 2.48. The molecule has 0 heterocycles. The second-order valence-electron chi connectivity index (χ2n) is 7.24. The number of alkyl carbamates (subject to hydrolysis) is 1. The van der Waals surface area contributed by atoms with Crippen molar-refractivity contribution >= 4 is 15.9 Å². The Morgan fingerprint density at radius 2 is 1.58 bits per heavy atom. The number of ether oxygens (including phenoxy) is 1. The van der Waals surface area contributed by atoms with Gasteiger partial charge in [-0.05, 0) is 57.9 Å². The van der Waals surface area contributed by atoms with E-state index >= 15 is 0 Å². The first kappa shape index (κ1) is 20.0. The van der Waals surface area contributed by atoms with Crippen LogP contribution in [0.1, 0.15) is 42.8 Å². The average Bonchev–Trinajstić information content (AvgIpc) is 2.52. The fraction of sp³-hybridized carbons (Fsp3) is 0.350. The van der Waals surface area contributed by atoms with Crippen LogP contribution in [0.25, 0.3) is 0 Å². The predicted molar refractivity (Wildman–Crippen MR) is 102 cm³/mol. The maximum absolute atomic E-state index is 13.2. The molecule has 1 atom stereocenters. The van der Waals surface area contributed by atoms with Gasteiger partial charge in [0.15, 0.2) is 5.37 Å². The van der Waals surface area contributed by atoms with Crippen molar-refractivity contribution in [3.05, 3.63) is 65.2 Å². The Morgan fingerprint density at radius 3 is 2.12 bits per heavy atom. The molecule has 1 N–H and O–H groups in total. The monoisotopic (exact) mass is 375 g/mol. The Bertz CT molecular complexity index is 881. The first-order valence-corrected chi connectivity index (χ1v) is 9.91. The lowest BCUT2D eigenvalue weighted by atomic mass is 10.1. The second kappa shape index (κ2) is 7.50. The number of hydrogen-bond donors (Lipinski definition) is 1. The normalized spacial score (nSPS) is 13.1.